The number of ether oxygens (including phenoxy) is 1. The van der Waals surface area contributed by atoms with E-state index in [1.165, 1.54) is 0 Å². The van der Waals surface area contributed by atoms with Crippen molar-refractivity contribution in [3.8, 4) is 50.3 Å². The van der Waals surface area contributed by atoms with Gasteiger partial charge in [0, 0.05) is 61.7 Å². The zero-order valence-electron chi connectivity index (χ0n) is 28.2. The van der Waals surface area contributed by atoms with Gasteiger partial charge < -0.3 is 9.72 Å². The molecule has 0 fully saturated rings. The van der Waals surface area contributed by atoms with Gasteiger partial charge in [0.2, 0.25) is 0 Å². The molecule has 1 N–H and O–H groups in total. The molecule has 53 heavy (non-hydrogen) atoms. The molecule has 0 spiro atoms. The van der Waals surface area contributed by atoms with Crippen LogP contribution in [-0.2, 0) is 0 Å². The Bertz CT molecular complexity index is 2740. The van der Waals surface area contributed by atoms with Gasteiger partial charge in [-0.05, 0) is 108 Å². The molecule has 0 atom stereocenters. The van der Waals surface area contributed by atoms with Gasteiger partial charge in [-0.1, -0.05) is 102 Å². The molecule has 2 aliphatic heterocycles. The molecule has 0 unspecified atom stereocenters. The number of hydrogen-bond acceptors (Lipinski definition) is 4. The number of fused-ring (bicyclic) bond motifs is 8. The van der Waals surface area contributed by atoms with Crippen LogP contribution in [-0.4, -0.2) is 22.1 Å². The third kappa shape index (κ3) is 6.44. The van der Waals surface area contributed by atoms with Crippen LogP contribution in [0.1, 0.15) is 22.8 Å². The fourth-order valence-electron chi connectivity index (χ4n) is 6.97. The molecule has 8 heteroatoms. The minimum absolute atomic E-state index is 0.790. The maximum atomic E-state index is 5.95. The maximum absolute atomic E-state index is 5.95. The number of rotatable bonds is 5. The second kappa shape index (κ2) is 14.2. The van der Waals surface area contributed by atoms with E-state index in [1.807, 2.05) is 12.1 Å². The number of benzene rings is 4. The SMILES string of the molecule is COc1ccccc1-c1c2nc(c(-c3ccc(Br)cc3)c3ccc([nH]3)c(-c3ccc(Br)cc3)c3nc(c(-c4ccc(Br)cc4)c4ccc1s4)C=C3)C=C2. The second-order valence-corrected chi connectivity index (χ2v) is 16.4. The van der Waals surface area contributed by atoms with Crippen LogP contribution in [0.4, 0.5) is 0 Å². The average molecular weight is 899 g/mol. The summed E-state index contributed by atoms with van der Waals surface area (Å²) in [5.74, 6) is 0.790. The number of H-pyrrole nitrogens is 1. The molecule has 0 radical (unpaired) electrons. The van der Waals surface area contributed by atoms with Gasteiger partial charge in [-0.25, -0.2) is 9.97 Å². The first-order valence-electron chi connectivity index (χ1n) is 16.9. The van der Waals surface area contributed by atoms with E-state index in [2.05, 4.69) is 186 Å². The van der Waals surface area contributed by atoms with Gasteiger partial charge in [-0.15, -0.1) is 11.3 Å². The van der Waals surface area contributed by atoms with Crippen LogP contribution in [0.25, 0.3) is 89.2 Å². The van der Waals surface area contributed by atoms with Crippen molar-refractivity contribution in [1.82, 2.24) is 15.0 Å². The van der Waals surface area contributed by atoms with Crippen LogP contribution in [0.3, 0.4) is 0 Å². The minimum Gasteiger partial charge on any atom is -0.496 e. The van der Waals surface area contributed by atoms with Crippen LogP contribution in [0.15, 0.2) is 135 Å². The van der Waals surface area contributed by atoms with Crippen molar-refractivity contribution in [3.63, 3.8) is 0 Å². The smallest absolute Gasteiger partial charge is 0.126 e. The van der Waals surface area contributed by atoms with E-state index < -0.39 is 0 Å². The third-order valence-electron chi connectivity index (χ3n) is 9.40. The summed E-state index contributed by atoms with van der Waals surface area (Å²) in [6, 6.07) is 42.2. The average Bonchev–Trinajstić information content (AvgIpc) is 4.02. The number of para-hydroxylation sites is 1. The van der Waals surface area contributed by atoms with Crippen molar-refractivity contribution in [3.05, 3.63) is 158 Å². The molecular formula is C45H28Br3N3OS. The van der Waals surface area contributed by atoms with Crippen molar-refractivity contribution in [2.24, 2.45) is 0 Å². The molecule has 0 saturated carbocycles. The Morgan fingerprint density at radius 3 is 1.38 bits per heavy atom. The van der Waals surface area contributed by atoms with Crippen molar-refractivity contribution in [2.45, 2.75) is 0 Å². The lowest BCUT2D eigenvalue weighted by Crippen LogP contribution is -1.90. The molecule has 0 aliphatic carbocycles. The number of hydrogen-bond donors (Lipinski definition) is 1. The third-order valence-corrected chi connectivity index (χ3v) is 12.1. The lowest BCUT2D eigenvalue weighted by atomic mass is 10.0. The van der Waals surface area contributed by atoms with E-state index in [4.69, 9.17) is 14.7 Å². The normalized spacial score (nSPS) is 12.0. The van der Waals surface area contributed by atoms with E-state index in [0.29, 0.717) is 0 Å². The van der Waals surface area contributed by atoms with Gasteiger partial charge in [0.15, 0.2) is 0 Å². The van der Waals surface area contributed by atoms with E-state index in [9.17, 15) is 0 Å². The molecule has 2 aliphatic rings. The summed E-state index contributed by atoms with van der Waals surface area (Å²) in [6.45, 7) is 0. The Kier molecular flexibility index (Phi) is 9.08. The van der Waals surface area contributed by atoms with Crippen LogP contribution >= 0.6 is 59.1 Å². The molecule has 3 aromatic heterocycles. The number of thiophene rings is 1. The highest BCUT2D eigenvalue weighted by atomic mass is 79.9. The standard InChI is InChI=1S/C45H28Br3N3OS/c1-52-39-5-3-2-4-32(39)45-38-23-21-36(51-38)43(27-8-14-30(47)15-9-27)34-19-18-33(49-34)42(26-6-12-29(46)13-7-26)35-20-22-37(50-35)44(40-24-25-41(45)53-40)28-10-16-31(48)17-11-28/h2-25,49H,1H3. The Labute approximate surface area is 336 Å². The highest BCUT2D eigenvalue weighted by Gasteiger charge is 2.20. The van der Waals surface area contributed by atoms with Crippen molar-refractivity contribution >= 4 is 104 Å². The summed E-state index contributed by atoms with van der Waals surface area (Å²) in [6.07, 6.45) is 8.52. The Hall–Kier alpha value is -4.86. The number of halogens is 3. The second-order valence-electron chi connectivity index (χ2n) is 12.6. The predicted molar refractivity (Wildman–Crippen MR) is 234 cm³/mol. The Morgan fingerprint density at radius 1 is 0.472 bits per heavy atom. The largest absolute Gasteiger partial charge is 0.496 e. The van der Waals surface area contributed by atoms with Gasteiger partial charge in [0.05, 0.1) is 29.9 Å². The first-order chi connectivity index (χ1) is 25.9. The van der Waals surface area contributed by atoms with Gasteiger partial charge in [-0.2, -0.15) is 0 Å². The fraction of sp³-hybridized carbons (Fsp3) is 0.0222. The lowest BCUT2D eigenvalue weighted by molar-refractivity contribution is 0.416. The van der Waals surface area contributed by atoms with Gasteiger partial charge >= 0.3 is 0 Å². The molecule has 5 heterocycles. The molecule has 0 amide bonds. The van der Waals surface area contributed by atoms with Crippen LogP contribution in [0.5, 0.6) is 5.75 Å². The van der Waals surface area contributed by atoms with Gasteiger partial charge in [0.25, 0.3) is 0 Å². The number of nitrogens with zero attached hydrogens (tertiary/aromatic N) is 2. The predicted octanol–water partition coefficient (Wildman–Crippen LogP) is 14.4. The first-order valence-corrected chi connectivity index (χ1v) is 20.1. The van der Waals surface area contributed by atoms with Crippen LogP contribution < -0.4 is 4.74 Å². The van der Waals surface area contributed by atoms with Crippen LogP contribution in [0, 0.1) is 0 Å². The number of methoxy groups -OCH3 is 1. The molecule has 8 bridgehead atoms. The van der Waals surface area contributed by atoms with E-state index in [1.54, 1.807) is 18.4 Å². The quantitative estimate of drug-likeness (QED) is 0.187. The van der Waals surface area contributed by atoms with Gasteiger partial charge in [-0.3, -0.25) is 0 Å². The molecule has 0 saturated heterocycles. The summed E-state index contributed by atoms with van der Waals surface area (Å²) in [7, 11) is 1.72. The van der Waals surface area contributed by atoms with Crippen molar-refractivity contribution in [1.29, 1.82) is 0 Å². The topological polar surface area (TPSA) is 50.8 Å². The molecule has 7 aromatic rings. The summed E-state index contributed by atoms with van der Waals surface area (Å²) < 4.78 is 11.2. The first kappa shape index (κ1) is 33.9. The molecular weight excluding hydrogens is 870 g/mol. The highest BCUT2D eigenvalue weighted by molar-refractivity contribution is 9.11. The minimum atomic E-state index is 0.790. The van der Waals surface area contributed by atoms with Crippen LogP contribution in [0.2, 0.25) is 0 Å². The monoisotopic (exact) mass is 895 g/mol. The lowest BCUT2D eigenvalue weighted by Gasteiger charge is -2.09. The van der Waals surface area contributed by atoms with E-state index in [-0.39, 0.29) is 0 Å². The number of nitrogens with one attached hydrogen (secondary N) is 1. The Balaban J connectivity index is 1.48. The van der Waals surface area contributed by atoms with Gasteiger partial charge in [0.1, 0.15) is 5.75 Å². The molecule has 4 nitrogen and oxygen atoms in total. The highest BCUT2D eigenvalue weighted by Crippen LogP contribution is 2.43. The van der Waals surface area contributed by atoms with E-state index in [0.717, 1.165) is 107 Å². The summed E-state index contributed by atoms with van der Waals surface area (Å²) in [5.41, 5.74) is 13.7. The fourth-order valence-corrected chi connectivity index (χ4v) is 8.91. The maximum Gasteiger partial charge on any atom is 0.126 e. The summed E-state index contributed by atoms with van der Waals surface area (Å²) in [5, 5.41) is 0. The van der Waals surface area contributed by atoms with Crippen molar-refractivity contribution in [2.75, 3.05) is 7.11 Å². The molecule has 4 aromatic carbocycles. The van der Waals surface area contributed by atoms with E-state index >= 15 is 0 Å². The Morgan fingerprint density at radius 2 is 0.887 bits per heavy atom. The van der Waals surface area contributed by atoms with Crippen molar-refractivity contribution < 1.29 is 4.74 Å². The zero-order valence-corrected chi connectivity index (χ0v) is 33.8. The summed E-state index contributed by atoms with van der Waals surface area (Å²) in [4.78, 5) is 14.6. The molecule has 9 rings (SSSR count). The molecule has 256 valence electrons. The zero-order chi connectivity index (χ0) is 36.1. The number of aromatic nitrogens is 3. The number of aromatic amines is 1. The summed E-state index contributed by atoms with van der Waals surface area (Å²) >= 11 is 12.7.